The zero-order chi connectivity index (χ0) is 24.9. The van der Waals surface area contributed by atoms with Crippen molar-refractivity contribution in [2.24, 2.45) is 0 Å². The summed E-state index contributed by atoms with van der Waals surface area (Å²) in [7, 11) is 3.21. The van der Waals surface area contributed by atoms with E-state index in [0.717, 1.165) is 22.5 Å². The Hall–Kier alpha value is -3.22. The second-order valence-electron chi connectivity index (χ2n) is 8.32. The molecule has 0 atom stereocenters. The Morgan fingerprint density at radius 3 is 2.34 bits per heavy atom. The van der Waals surface area contributed by atoms with E-state index in [9.17, 15) is 4.79 Å². The molecule has 0 aliphatic carbocycles. The summed E-state index contributed by atoms with van der Waals surface area (Å²) in [4.78, 5) is 17.7. The fraction of sp³-hybridized carbons (Fsp3) is 0.259. The van der Waals surface area contributed by atoms with Gasteiger partial charge in [0.2, 0.25) is 5.91 Å². The van der Waals surface area contributed by atoms with Gasteiger partial charge < -0.3 is 19.4 Å². The number of hydrogen-bond acceptors (Lipinski definition) is 4. The quantitative estimate of drug-likeness (QED) is 0.316. The molecule has 0 radical (unpaired) electrons. The SMILES string of the molecule is COc1ccc(CCNC(=O)Cn2c(Cc3ccc(C)cc3)nc3cc(Cl)c(Cl)cc32)cc1OC. The maximum Gasteiger partial charge on any atom is 0.240 e. The van der Waals surface area contributed by atoms with Gasteiger partial charge in [-0.3, -0.25) is 4.79 Å². The van der Waals surface area contributed by atoms with E-state index in [-0.39, 0.29) is 12.5 Å². The first-order valence-electron chi connectivity index (χ1n) is 11.2. The molecule has 182 valence electrons. The number of ether oxygens (including phenoxy) is 2. The lowest BCUT2D eigenvalue weighted by molar-refractivity contribution is -0.121. The van der Waals surface area contributed by atoms with Gasteiger partial charge in [0, 0.05) is 13.0 Å². The van der Waals surface area contributed by atoms with Crippen LogP contribution in [0.1, 0.15) is 22.5 Å². The molecule has 6 nitrogen and oxygen atoms in total. The molecular formula is C27H27Cl2N3O3. The number of benzene rings is 3. The van der Waals surface area contributed by atoms with Crippen molar-refractivity contribution in [2.45, 2.75) is 26.3 Å². The molecule has 3 aromatic carbocycles. The number of halogens is 2. The predicted octanol–water partition coefficient (Wildman–Crippen LogP) is 5.62. The molecular weight excluding hydrogens is 485 g/mol. The van der Waals surface area contributed by atoms with E-state index >= 15 is 0 Å². The molecule has 0 fully saturated rings. The van der Waals surface area contributed by atoms with Crippen LogP contribution in [0, 0.1) is 6.92 Å². The van der Waals surface area contributed by atoms with Crippen molar-refractivity contribution in [1.82, 2.24) is 14.9 Å². The Morgan fingerprint density at radius 2 is 1.63 bits per heavy atom. The number of imidazole rings is 1. The highest BCUT2D eigenvalue weighted by Gasteiger charge is 2.16. The van der Waals surface area contributed by atoms with E-state index in [1.54, 1.807) is 26.4 Å². The number of nitrogens with zero attached hydrogens (tertiary/aromatic N) is 2. The van der Waals surface area contributed by atoms with Crippen LogP contribution in [0.25, 0.3) is 11.0 Å². The lowest BCUT2D eigenvalue weighted by Gasteiger charge is -2.12. The van der Waals surface area contributed by atoms with E-state index in [0.29, 0.717) is 46.4 Å². The molecule has 35 heavy (non-hydrogen) atoms. The van der Waals surface area contributed by atoms with Crippen LogP contribution in [0.3, 0.4) is 0 Å². The zero-order valence-electron chi connectivity index (χ0n) is 19.9. The molecule has 1 heterocycles. The van der Waals surface area contributed by atoms with Gasteiger partial charge in [0.05, 0.1) is 35.3 Å². The Kier molecular flexibility index (Phi) is 7.83. The molecule has 1 N–H and O–H groups in total. The normalized spacial score (nSPS) is 11.0. The topological polar surface area (TPSA) is 65.4 Å². The number of methoxy groups -OCH3 is 2. The summed E-state index contributed by atoms with van der Waals surface area (Å²) in [6, 6.07) is 17.5. The molecule has 0 saturated carbocycles. The second-order valence-corrected chi connectivity index (χ2v) is 9.14. The first-order chi connectivity index (χ1) is 16.9. The largest absolute Gasteiger partial charge is 0.493 e. The number of fused-ring (bicyclic) bond motifs is 1. The van der Waals surface area contributed by atoms with Gasteiger partial charge in [-0.2, -0.15) is 0 Å². The highest BCUT2D eigenvalue weighted by Crippen LogP contribution is 2.29. The average molecular weight is 512 g/mol. The lowest BCUT2D eigenvalue weighted by atomic mass is 10.1. The summed E-state index contributed by atoms with van der Waals surface area (Å²) < 4.78 is 12.5. The van der Waals surface area contributed by atoms with Gasteiger partial charge >= 0.3 is 0 Å². The molecule has 1 aromatic heterocycles. The Labute approximate surface area is 214 Å². The van der Waals surface area contributed by atoms with Gasteiger partial charge in [0.1, 0.15) is 12.4 Å². The van der Waals surface area contributed by atoms with E-state index in [2.05, 4.69) is 36.5 Å². The van der Waals surface area contributed by atoms with E-state index in [1.165, 1.54) is 5.56 Å². The Morgan fingerprint density at radius 1 is 0.943 bits per heavy atom. The predicted molar refractivity (Wildman–Crippen MR) is 140 cm³/mol. The summed E-state index contributed by atoms with van der Waals surface area (Å²) in [6.45, 7) is 2.66. The minimum absolute atomic E-state index is 0.110. The number of aryl methyl sites for hydroxylation is 1. The summed E-state index contributed by atoms with van der Waals surface area (Å²) >= 11 is 12.5. The maximum absolute atomic E-state index is 12.9. The van der Waals surface area contributed by atoms with Crippen molar-refractivity contribution in [3.63, 3.8) is 0 Å². The van der Waals surface area contributed by atoms with Gasteiger partial charge in [0.25, 0.3) is 0 Å². The van der Waals surface area contributed by atoms with Crippen LogP contribution in [0.15, 0.2) is 54.6 Å². The summed E-state index contributed by atoms with van der Waals surface area (Å²) in [5, 5.41) is 3.87. The monoisotopic (exact) mass is 511 g/mol. The van der Waals surface area contributed by atoms with Crippen LogP contribution >= 0.6 is 23.2 Å². The molecule has 4 rings (SSSR count). The highest BCUT2D eigenvalue weighted by atomic mass is 35.5. The number of amides is 1. The van der Waals surface area contributed by atoms with Crippen molar-refractivity contribution in [3.8, 4) is 11.5 Å². The zero-order valence-corrected chi connectivity index (χ0v) is 21.4. The third-order valence-electron chi connectivity index (χ3n) is 5.84. The van der Waals surface area contributed by atoms with Crippen LogP contribution in [-0.4, -0.2) is 36.2 Å². The van der Waals surface area contributed by atoms with Gasteiger partial charge in [-0.15, -0.1) is 0 Å². The van der Waals surface area contributed by atoms with Crippen molar-refractivity contribution < 1.29 is 14.3 Å². The minimum atomic E-state index is -0.110. The van der Waals surface area contributed by atoms with Crippen LogP contribution in [0.4, 0.5) is 0 Å². The van der Waals surface area contributed by atoms with Crippen LogP contribution < -0.4 is 14.8 Å². The molecule has 0 aliphatic rings. The lowest BCUT2D eigenvalue weighted by Crippen LogP contribution is -2.30. The van der Waals surface area contributed by atoms with Crippen molar-refractivity contribution in [3.05, 3.63) is 87.2 Å². The number of hydrogen-bond donors (Lipinski definition) is 1. The molecule has 4 aromatic rings. The molecule has 8 heteroatoms. The molecule has 0 saturated heterocycles. The molecule has 0 bridgehead atoms. The van der Waals surface area contributed by atoms with E-state index < -0.39 is 0 Å². The standard InChI is InChI=1S/C27H27Cl2N3O3/c1-17-4-6-18(7-5-17)13-26-31-22-14-20(28)21(29)15-23(22)32(26)16-27(33)30-11-10-19-8-9-24(34-2)25(12-19)35-3/h4-9,12,14-15H,10-11,13,16H2,1-3H3,(H,30,33). The fourth-order valence-corrected chi connectivity index (χ4v) is 4.27. The highest BCUT2D eigenvalue weighted by molar-refractivity contribution is 6.42. The number of carbonyl (C=O) groups is 1. The third kappa shape index (κ3) is 5.89. The van der Waals surface area contributed by atoms with Crippen LogP contribution in [-0.2, 0) is 24.2 Å². The molecule has 0 unspecified atom stereocenters. The minimum Gasteiger partial charge on any atom is -0.493 e. The smallest absolute Gasteiger partial charge is 0.240 e. The van der Waals surface area contributed by atoms with Crippen molar-refractivity contribution in [1.29, 1.82) is 0 Å². The number of nitrogens with one attached hydrogen (secondary N) is 1. The van der Waals surface area contributed by atoms with Gasteiger partial charge in [-0.25, -0.2) is 4.98 Å². The average Bonchev–Trinajstić information content (AvgIpc) is 3.16. The third-order valence-corrected chi connectivity index (χ3v) is 6.56. The first kappa shape index (κ1) is 24.9. The maximum atomic E-state index is 12.9. The molecule has 1 amide bonds. The summed E-state index contributed by atoms with van der Waals surface area (Å²) in [6.07, 6.45) is 1.25. The van der Waals surface area contributed by atoms with E-state index in [1.807, 2.05) is 22.8 Å². The Balaban J connectivity index is 1.50. The number of aromatic nitrogens is 2. The fourth-order valence-electron chi connectivity index (χ4n) is 3.95. The number of rotatable bonds is 9. The van der Waals surface area contributed by atoms with E-state index in [4.69, 9.17) is 37.7 Å². The van der Waals surface area contributed by atoms with Gasteiger partial charge in [-0.1, -0.05) is 59.1 Å². The molecule has 0 spiro atoms. The van der Waals surface area contributed by atoms with Crippen molar-refractivity contribution >= 4 is 40.1 Å². The number of carbonyl (C=O) groups excluding carboxylic acids is 1. The Bertz CT molecular complexity index is 1350. The molecule has 0 aliphatic heterocycles. The van der Waals surface area contributed by atoms with Gasteiger partial charge in [0.15, 0.2) is 11.5 Å². The van der Waals surface area contributed by atoms with Crippen LogP contribution in [0.2, 0.25) is 10.0 Å². The summed E-state index contributed by atoms with van der Waals surface area (Å²) in [5.74, 6) is 2.00. The van der Waals surface area contributed by atoms with Crippen molar-refractivity contribution in [2.75, 3.05) is 20.8 Å². The van der Waals surface area contributed by atoms with Crippen LogP contribution in [0.5, 0.6) is 11.5 Å². The summed E-state index contributed by atoms with van der Waals surface area (Å²) in [5.41, 5.74) is 4.82. The van der Waals surface area contributed by atoms with Gasteiger partial charge in [-0.05, 0) is 48.7 Å². The second kappa shape index (κ2) is 11.0. The first-order valence-corrected chi connectivity index (χ1v) is 12.0.